The second-order valence-electron chi connectivity index (χ2n) is 9.82. The first-order valence-corrected chi connectivity index (χ1v) is 11.6. The van der Waals surface area contributed by atoms with E-state index in [0.29, 0.717) is 31.1 Å². The van der Waals surface area contributed by atoms with Crippen molar-refractivity contribution in [2.24, 2.45) is 5.41 Å². The van der Waals surface area contributed by atoms with Crippen LogP contribution in [0.15, 0.2) is 30.4 Å². The van der Waals surface area contributed by atoms with Gasteiger partial charge < -0.3 is 24.4 Å². The molecule has 0 aromatic heterocycles. The van der Waals surface area contributed by atoms with Gasteiger partial charge in [0.15, 0.2) is 0 Å². The topological polar surface area (TPSA) is 77.1 Å². The first kappa shape index (κ1) is 28.3. The highest BCUT2D eigenvalue weighted by Crippen LogP contribution is 2.26. The Hall–Kier alpha value is -2.70. The lowest BCUT2D eigenvalue weighted by atomic mass is 9.93. The van der Waals surface area contributed by atoms with E-state index < -0.39 is 17.1 Å². The van der Waals surface area contributed by atoms with E-state index in [9.17, 15) is 9.59 Å². The fourth-order valence-electron chi connectivity index (χ4n) is 3.08. The number of amides is 2. The Morgan fingerprint density at radius 2 is 1.76 bits per heavy atom. The lowest BCUT2D eigenvalue weighted by molar-refractivity contribution is -0.126. The molecule has 0 aliphatic rings. The zero-order valence-electron chi connectivity index (χ0n) is 21.6. The van der Waals surface area contributed by atoms with E-state index in [1.165, 1.54) is 0 Å². The maximum atomic E-state index is 13.1. The molecule has 1 aromatic carbocycles. The summed E-state index contributed by atoms with van der Waals surface area (Å²) in [6.07, 6.45) is 6.02. The van der Waals surface area contributed by atoms with Crippen molar-refractivity contribution in [3.63, 3.8) is 0 Å². The molecule has 0 saturated carbocycles. The van der Waals surface area contributed by atoms with E-state index in [0.717, 1.165) is 24.8 Å². The fourth-order valence-corrected chi connectivity index (χ4v) is 3.08. The summed E-state index contributed by atoms with van der Waals surface area (Å²) in [5.41, 5.74) is -0.0523. The third kappa shape index (κ3) is 11.1. The van der Waals surface area contributed by atoms with Crippen LogP contribution in [0.5, 0.6) is 11.5 Å². The van der Waals surface area contributed by atoms with Crippen LogP contribution in [0.3, 0.4) is 0 Å². The van der Waals surface area contributed by atoms with Crippen molar-refractivity contribution in [1.29, 1.82) is 0 Å². The summed E-state index contributed by atoms with van der Waals surface area (Å²) in [5.74, 6) is 1.32. The monoisotopic (exact) mass is 462 g/mol. The van der Waals surface area contributed by atoms with Gasteiger partial charge in [0.2, 0.25) is 5.91 Å². The van der Waals surface area contributed by atoms with Crippen LogP contribution in [-0.4, -0.2) is 49.8 Å². The fraction of sp³-hybridized carbons (Fsp3) is 0.615. The minimum atomic E-state index is -0.554. The van der Waals surface area contributed by atoms with Gasteiger partial charge in [-0.1, -0.05) is 39.7 Å². The first-order valence-electron chi connectivity index (χ1n) is 11.6. The molecule has 0 aliphatic carbocycles. The molecule has 7 heteroatoms. The molecule has 0 fully saturated rings. The Labute approximate surface area is 199 Å². The molecule has 0 heterocycles. The Kier molecular flexibility index (Phi) is 11.3. The molecule has 1 rings (SSSR count). The molecule has 33 heavy (non-hydrogen) atoms. The van der Waals surface area contributed by atoms with Crippen molar-refractivity contribution in [2.75, 3.05) is 27.3 Å². The van der Waals surface area contributed by atoms with E-state index in [1.54, 1.807) is 20.3 Å². The molecule has 0 atom stereocenters. The second kappa shape index (κ2) is 13.1. The van der Waals surface area contributed by atoms with Crippen LogP contribution >= 0.6 is 0 Å². The van der Waals surface area contributed by atoms with Crippen molar-refractivity contribution in [2.45, 2.75) is 73.0 Å². The summed E-state index contributed by atoms with van der Waals surface area (Å²) in [4.78, 5) is 26.9. The summed E-state index contributed by atoms with van der Waals surface area (Å²) < 4.78 is 16.1. The van der Waals surface area contributed by atoms with Gasteiger partial charge in [0.05, 0.1) is 14.2 Å². The average Bonchev–Trinajstić information content (AvgIpc) is 2.74. The van der Waals surface area contributed by atoms with Crippen molar-refractivity contribution in [3.8, 4) is 11.5 Å². The van der Waals surface area contributed by atoms with E-state index >= 15 is 0 Å². The molecule has 7 nitrogen and oxygen atoms in total. The van der Waals surface area contributed by atoms with Gasteiger partial charge in [0.1, 0.15) is 17.1 Å². The van der Waals surface area contributed by atoms with Crippen molar-refractivity contribution >= 4 is 12.0 Å². The summed E-state index contributed by atoms with van der Waals surface area (Å²) in [5, 5.41) is 2.77. The molecule has 0 unspecified atom stereocenters. The number of rotatable bonds is 12. The van der Waals surface area contributed by atoms with Crippen LogP contribution in [0.2, 0.25) is 0 Å². The highest BCUT2D eigenvalue weighted by atomic mass is 16.6. The van der Waals surface area contributed by atoms with Gasteiger partial charge in [-0.15, -0.1) is 0 Å². The van der Waals surface area contributed by atoms with Crippen LogP contribution in [0, 0.1) is 5.41 Å². The Morgan fingerprint density at radius 3 is 2.33 bits per heavy atom. The predicted octanol–water partition coefficient (Wildman–Crippen LogP) is 5.33. The van der Waals surface area contributed by atoms with Gasteiger partial charge in [0, 0.05) is 36.7 Å². The minimum Gasteiger partial charge on any atom is -0.497 e. The van der Waals surface area contributed by atoms with Crippen LogP contribution < -0.4 is 14.8 Å². The predicted molar refractivity (Wildman–Crippen MR) is 132 cm³/mol. The molecular weight excluding hydrogens is 420 g/mol. The van der Waals surface area contributed by atoms with Crippen LogP contribution in [0.25, 0.3) is 0 Å². The number of nitrogens with one attached hydrogen (secondary N) is 1. The number of alkyl carbamates (subject to hydrolysis) is 1. The van der Waals surface area contributed by atoms with E-state index in [4.69, 9.17) is 14.2 Å². The van der Waals surface area contributed by atoms with Gasteiger partial charge in [-0.2, -0.15) is 0 Å². The summed E-state index contributed by atoms with van der Waals surface area (Å²) in [7, 11) is 3.22. The molecule has 1 N–H and O–H groups in total. The number of methoxy groups -OCH3 is 2. The van der Waals surface area contributed by atoms with Gasteiger partial charge in [0.25, 0.3) is 0 Å². The standard InChI is InChI=1S/C26H42N2O5/c1-9-10-11-16-28(18-20-12-13-21(31-7)17-22(20)32-8)23(29)14-15-26(5,6)19-27-24(30)33-25(2,3)4/h12-15,17H,9-11,16,18-19H2,1-8H3,(H,27,30). The van der Waals surface area contributed by atoms with Gasteiger partial charge in [-0.05, 0) is 45.4 Å². The number of unbranched alkanes of at least 4 members (excludes halogenated alkanes) is 2. The molecule has 2 amide bonds. The van der Waals surface area contributed by atoms with Gasteiger partial charge in [-0.25, -0.2) is 4.79 Å². The van der Waals surface area contributed by atoms with Crippen LogP contribution in [-0.2, 0) is 16.1 Å². The summed E-state index contributed by atoms with van der Waals surface area (Å²) in [6, 6.07) is 5.62. The molecular formula is C26H42N2O5. The highest BCUT2D eigenvalue weighted by Gasteiger charge is 2.21. The second-order valence-corrected chi connectivity index (χ2v) is 9.82. The Balaban J connectivity index is 2.89. The van der Waals surface area contributed by atoms with E-state index in [-0.39, 0.29) is 5.91 Å². The number of carbonyl (C=O) groups excluding carboxylic acids is 2. The Bertz CT molecular complexity index is 796. The molecule has 186 valence electrons. The SMILES string of the molecule is CCCCCN(Cc1ccc(OC)cc1OC)C(=O)C=CC(C)(C)CNC(=O)OC(C)(C)C. The first-order chi connectivity index (χ1) is 15.4. The van der Waals surface area contributed by atoms with Crippen molar-refractivity contribution < 1.29 is 23.8 Å². The average molecular weight is 463 g/mol. The molecule has 0 bridgehead atoms. The molecule has 1 aromatic rings. The number of ether oxygens (including phenoxy) is 3. The van der Waals surface area contributed by atoms with E-state index in [1.807, 2.05) is 63.8 Å². The minimum absolute atomic E-state index is 0.0747. The third-order valence-electron chi connectivity index (χ3n) is 4.96. The zero-order chi connectivity index (χ0) is 25.1. The number of hydrogen-bond donors (Lipinski definition) is 1. The maximum Gasteiger partial charge on any atom is 0.407 e. The maximum absolute atomic E-state index is 13.1. The van der Waals surface area contributed by atoms with Crippen molar-refractivity contribution in [1.82, 2.24) is 10.2 Å². The van der Waals surface area contributed by atoms with Crippen LogP contribution in [0.4, 0.5) is 4.79 Å². The third-order valence-corrected chi connectivity index (χ3v) is 4.96. The number of nitrogens with zero attached hydrogens (tertiary/aromatic N) is 1. The molecule has 0 aliphatic heterocycles. The Morgan fingerprint density at radius 1 is 1.06 bits per heavy atom. The lowest BCUT2D eigenvalue weighted by Crippen LogP contribution is -2.37. The largest absolute Gasteiger partial charge is 0.497 e. The van der Waals surface area contributed by atoms with E-state index in [2.05, 4.69) is 12.2 Å². The zero-order valence-corrected chi connectivity index (χ0v) is 21.6. The number of hydrogen-bond acceptors (Lipinski definition) is 5. The lowest BCUT2D eigenvalue weighted by Gasteiger charge is -2.25. The van der Waals surface area contributed by atoms with Crippen molar-refractivity contribution in [3.05, 3.63) is 35.9 Å². The molecule has 0 saturated heterocycles. The number of carbonyl (C=O) groups is 2. The highest BCUT2D eigenvalue weighted by molar-refractivity contribution is 5.87. The molecule has 0 spiro atoms. The number of benzene rings is 1. The normalized spacial score (nSPS) is 11.9. The summed E-state index contributed by atoms with van der Waals surface area (Å²) >= 11 is 0. The van der Waals surface area contributed by atoms with Gasteiger partial charge in [-0.3, -0.25) is 4.79 Å². The van der Waals surface area contributed by atoms with Crippen LogP contribution in [0.1, 0.15) is 66.4 Å². The van der Waals surface area contributed by atoms with Gasteiger partial charge >= 0.3 is 6.09 Å². The quantitative estimate of drug-likeness (QED) is 0.336. The smallest absolute Gasteiger partial charge is 0.407 e. The molecule has 0 radical (unpaired) electrons. The summed E-state index contributed by atoms with van der Waals surface area (Å²) in [6.45, 7) is 13.0.